The Morgan fingerprint density at radius 3 is 2.45 bits per heavy atom. The van der Waals surface area contributed by atoms with E-state index in [1.807, 2.05) is 19.1 Å². The summed E-state index contributed by atoms with van der Waals surface area (Å²) in [6, 6.07) is 20.9. The van der Waals surface area contributed by atoms with Crippen LogP contribution in [0.4, 0.5) is 0 Å². The summed E-state index contributed by atoms with van der Waals surface area (Å²) in [5.74, 6) is 0.105. The molecule has 6 heteroatoms. The highest BCUT2D eigenvalue weighted by molar-refractivity contribution is 5.97. The van der Waals surface area contributed by atoms with Crippen molar-refractivity contribution in [2.45, 2.75) is 6.92 Å². The third-order valence-electron chi connectivity index (χ3n) is 4.08. The van der Waals surface area contributed by atoms with Gasteiger partial charge in [0.05, 0.1) is 24.5 Å². The predicted molar refractivity (Wildman–Crippen MR) is 111 cm³/mol. The predicted octanol–water partition coefficient (Wildman–Crippen LogP) is 3.99. The summed E-state index contributed by atoms with van der Waals surface area (Å²) < 4.78 is 10.5. The van der Waals surface area contributed by atoms with E-state index in [9.17, 15) is 9.59 Å². The third kappa shape index (κ3) is 5.29. The molecule has 6 nitrogen and oxygen atoms in total. The molecule has 0 unspecified atom stereocenters. The summed E-state index contributed by atoms with van der Waals surface area (Å²) in [6.45, 7) is 1.91. The molecule has 29 heavy (non-hydrogen) atoms. The van der Waals surface area contributed by atoms with E-state index >= 15 is 0 Å². The molecule has 0 fully saturated rings. The van der Waals surface area contributed by atoms with Crippen LogP contribution in [-0.2, 0) is 0 Å². The maximum Gasteiger partial charge on any atom is 0.343 e. The number of nitrogens with zero attached hydrogens (tertiary/aromatic N) is 1. The lowest BCUT2D eigenvalue weighted by atomic mass is 10.1. The zero-order valence-corrected chi connectivity index (χ0v) is 16.1. The molecule has 0 aliphatic rings. The standard InChI is InChI=1S/C23H20N2O4/c1-16-6-5-7-18(14-16)23(27)29-19-12-10-17(11-13-19)15-24-25-22(26)20-8-3-4-9-21(20)28-2/h3-15H,1-2H3,(H,25,26). The Hall–Kier alpha value is -3.93. The quantitative estimate of drug-likeness (QED) is 0.300. The number of nitrogens with one attached hydrogen (secondary N) is 1. The van der Waals surface area contributed by atoms with Crippen LogP contribution in [0.5, 0.6) is 11.5 Å². The highest BCUT2D eigenvalue weighted by atomic mass is 16.5. The lowest BCUT2D eigenvalue weighted by molar-refractivity contribution is 0.0734. The second-order valence-corrected chi connectivity index (χ2v) is 6.23. The number of ether oxygens (including phenoxy) is 2. The van der Waals surface area contributed by atoms with Crippen molar-refractivity contribution in [3.8, 4) is 11.5 Å². The van der Waals surface area contributed by atoms with Gasteiger partial charge in [0, 0.05) is 0 Å². The van der Waals surface area contributed by atoms with Crippen LogP contribution < -0.4 is 14.9 Å². The number of rotatable bonds is 6. The van der Waals surface area contributed by atoms with Gasteiger partial charge in [-0.25, -0.2) is 10.2 Å². The second kappa shape index (κ2) is 9.32. The molecule has 0 atom stereocenters. The van der Waals surface area contributed by atoms with Crippen molar-refractivity contribution in [1.29, 1.82) is 0 Å². The Kier molecular flexibility index (Phi) is 6.37. The van der Waals surface area contributed by atoms with Crippen molar-refractivity contribution in [3.63, 3.8) is 0 Å². The lowest BCUT2D eigenvalue weighted by Crippen LogP contribution is -2.18. The summed E-state index contributed by atoms with van der Waals surface area (Å²) in [5.41, 5.74) is 5.07. The molecule has 0 aliphatic heterocycles. The molecule has 0 aromatic heterocycles. The van der Waals surface area contributed by atoms with Gasteiger partial charge in [-0.1, -0.05) is 29.8 Å². The van der Waals surface area contributed by atoms with E-state index in [0.29, 0.717) is 22.6 Å². The minimum Gasteiger partial charge on any atom is -0.496 e. The van der Waals surface area contributed by atoms with Crippen LogP contribution in [-0.4, -0.2) is 25.2 Å². The normalized spacial score (nSPS) is 10.6. The van der Waals surface area contributed by atoms with E-state index in [0.717, 1.165) is 11.1 Å². The Morgan fingerprint density at radius 1 is 0.966 bits per heavy atom. The first kappa shape index (κ1) is 19.8. The van der Waals surface area contributed by atoms with Gasteiger partial charge in [-0.3, -0.25) is 4.79 Å². The fraction of sp³-hybridized carbons (Fsp3) is 0.0870. The molecule has 0 saturated carbocycles. The minimum atomic E-state index is -0.417. The van der Waals surface area contributed by atoms with Crippen molar-refractivity contribution in [2.24, 2.45) is 5.10 Å². The number of para-hydroxylation sites is 1. The summed E-state index contributed by atoms with van der Waals surface area (Å²) in [5, 5.41) is 3.95. The Morgan fingerprint density at radius 2 is 1.72 bits per heavy atom. The smallest absolute Gasteiger partial charge is 0.343 e. The van der Waals surface area contributed by atoms with E-state index in [1.165, 1.54) is 13.3 Å². The van der Waals surface area contributed by atoms with Crippen LogP contribution in [0.2, 0.25) is 0 Å². The van der Waals surface area contributed by atoms with Crippen LogP contribution in [0, 0.1) is 6.92 Å². The molecule has 0 bridgehead atoms. The van der Waals surface area contributed by atoms with E-state index in [-0.39, 0.29) is 5.91 Å². The van der Waals surface area contributed by atoms with E-state index < -0.39 is 5.97 Å². The largest absolute Gasteiger partial charge is 0.496 e. The Bertz CT molecular complexity index is 1040. The number of hydrazone groups is 1. The Labute approximate surface area is 168 Å². The van der Waals surface area contributed by atoms with Crippen molar-refractivity contribution >= 4 is 18.1 Å². The minimum absolute atomic E-state index is 0.373. The number of amides is 1. The monoisotopic (exact) mass is 388 g/mol. The molecule has 3 aromatic rings. The molecule has 0 saturated heterocycles. The average Bonchev–Trinajstić information content (AvgIpc) is 2.74. The molecule has 0 heterocycles. The maximum absolute atomic E-state index is 12.2. The zero-order valence-electron chi connectivity index (χ0n) is 16.1. The molecule has 0 spiro atoms. The molecule has 0 aliphatic carbocycles. The molecule has 3 rings (SSSR count). The van der Waals surface area contributed by atoms with Gasteiger partial charge in [0.2, 0.25) is 0 Å². The fourth-order valence-corrected chi connectivity index (χ4v) is 2.62. The topological polar surface area (TPSA) is 77.0 Å². The van der Waals surface area contributed by atoms with Crippen LogP contribution in [0.1, 0.15) is 31.8 Å². The number of aryl methyl sites for hydroxylation is 1. The van der Waals surface area contributed by atoms with Crippen LogP contribution in [0.3, 0.4) is 0 Å². The number of carbonyl (C=O) groups is 2. The van der Waals surface area contributed by atoms with Gasteiger partial charge in [-0.15, -0.1) is 0 Å². The van der Waals surface area contributed by atoms with Gasteiger partial charge in [0.15, 0.2) is 0 Å². The number of methoxy groups -OCH3 is 1. The van der Waals surface area contributed by atoms with E-state index in [1.54, 1.807) is 60.7 Å². The molecular formula is C23H20N2O4. The second-order valence-electron chi connectivity index (χ2n) is 6.23. The maximum atomic E-state index is 12.2. The van der Waals surface area contributed by atoms with Gasteiger partial charge < -0.3 is 9.47 Å². The lowest BCUT2D eigenvalue weighted by Gasteiger charge is -2.06. The first-order valence-electron chi connectivity index (χ1n) is 8.92. The van der Waals surface area contributed by atoms with Crippen molar-refractivity contribution in [2.75, 3.05) is 7.11 Å². The highest BCUT2D eigenvalue weighted by Gasteiger charge is 2.10. The summed E-state index contributed by atoms with van der Waals surface area (Å²) >= 11 is 0. The number of benzene rings is 3. The van der Waals surface area contributed by atoms with Gasteiger partial charge in [0.1, 0.15) is 11.5 Å². The molecule has 146 valence electrons. The van der Waals surface area contributed by atoms with Gasteiger partial charge in [-0.2, -0.15) is 5.10 Å². The summed E-state index contributed by atoms with van der Waals surface area (Å²) in [7, 11) is 1.50. The molecule has 1 N–H and O–H groups in total. The fourth-order valence-electron chi connectivity index (χ4n) is 2.62. The summed E-state index contributed by atoms with van der Waals surface area (Å²) in [4.78, 5) is 24.4. The van der Waals surface area contributed by atoms with Crippen LogP contribution in [0.15, 0.2) is 77.9 Å². The molecule has 1 amide bonds. The van der Waals surface area contributed by atoms with Crippen molar-refractivity contribution in [3.05, 3.63) is 95.1 Å². The van der Waals surface area contributed by atoms with E-state index in [4.69, 9.17) is 9.47 Å². The molecule has 0 radical (unpaired) electrons. The molecule has 3 aromatic carbocycles. The first-order valence-corrected chi connectivity index (χ1v) is 8.92. The van der Waals surface area contributed by atoms with Crippen LogP contribution >= 0.6 is 0 Å². The van der Waals surface area contributed by atoms with Crippen molar-refractivity contribution in [1.82, 2.24) is 5.43 Å². The SMILES string of the molecule is COc1ccccc1C(=O)NN=Cc1ccc(OC(=O)c2cccc(C)c2)cc1. The van der Waals surface area contributed by atoms with Gasteiger partial charge >= 0.3 is 5.97 Å². The average molecular weight is 388 g/mol. The van der Waals surface area contributed by atoms with E-state index in [2.05, 4.69) is 10.5 Å². The Balaban J connectivity index is 1.59. The number of esters is 1. The summed E-state index contributed by atoms with van der Waals surface area (Å²) in [6.07, 6.45) is 1.50. The highest BCUT2D eigenvalue weighted by Crippen LogP contribution is 2.17. The third-order valence-corrected chi connectivity index (χ3v) is 4.08. The van der Waals surface area contributed by atoms with Gasteiger partial charge in [0.25, 0.3) is 5.91 Å². The first-order chi connectivity index (χ1) is 14.1. The van der Waals surface area contributed by atoms with Crippen molar-refractivity contribution < 1.29 is 19.1 Å². The number of carbonyl (C=O) groups excluding carboxylic acids is 2. The number of hydrogen-bond donors (Lipinski definition) is 1. The molecular weight excluding hydrogens is 368 g/mol. The van der Waals surface area contributed by atoms with Gasteiger partial charge in [-0.05, 0) is 61.0 Å². The number of hydrogen-bond acceptors (Lipinski definition) is 5. The zero-order chi connectivity index (χ0) is 20.6. The van der Waals surface area contributed by atoms with Crippen LogP contribution in [0.25, 0.3) is 0 Å².